The van der Waals surface area contributed by atoms with Crippen LogP contribution in [-0.2, 0) is 4.79 Å². The van der Waals surface area contributed by atoms with E-state index in [9.17, 15) is 9.90 Å². The normalized spacial score (nSPS) is 12.2. The van der Waals surface area contributed by atoms with Gasteiger partial charge in [-0.2, -0.15) is 0 Å². The van der Waals surface area contributed by atoms with Crippen molar-refractivity contribution in [3.8, 4) is 5.88 Å². The fourth-order valence-corrected chi connectivity index (χ4v) is 4.05. The smallest absolute Gasteiger partial charge is 0.246 e. The molecule has 4 aromatic rings. The zero-order valence-corrected chi connectivity index (χ0v) is 20.2. The molecule has 0 radical (unpaired) electrons. The lowest BCUT2D eigenvalue weighted by atomic mass is 10.0. The number of rotatable bonds is 5. The number of carbonyl (C=O) groups excluding carboxylic acids is 1. The summed E-state index contributed by atoms with van der Waals surface area (Å²) in [6.07, 6.45) is 0. The second-order valence-corrected chi connectivity index (χ2v) is 9.38. The van der Waals surface area contributed by atoms with Crippen LogP contribution in [-0.4, -0.2) is 34.3 Å². The highest BCUT2D eigenvalue weighted by Gasteiger charge is 2.26. The molecule has 1 amide bonds. The third-order valence-corrected chi connectivity index (χ3v) is 5.85. The Morgan fingerprint density at radius 2 is 1.73 bits per heavy atom. The number of halogens is 1. The second-order valence-electron chi connectivity index (χ2n) is 8.47. The van der Waals surface area contributed by atoms with Gasteiger partial charge in [0.1, 0.15) is 0 Å². The van der Waals surface area contributed by atoms with Crippen LogP contribution in [0.15, 0.2) is 82.3 Å². The summed E-state index contributed by atoms with van der Waals surface area (Å²) in [7, 11) is 1.70. The van der Waals surface area contributed by atoms with Crippen LogP contribution in [0, 0.1) is 0 Å². The Balaban J connectivity index is 1.80. The molecule has 0 atom stereocenters. The van der Waals surface area contributed by atoms with Crippen LogP contribution >= 0.6 is 15.9 Å². The minimum absolute atomic E-state index is 0.0535. The van der Waals surface area contributed by atoms with Crippen molar-refractivity contribution in [2.45, 2.75) is 19.4 Å². The zero-order chi connectivity index (χ0) is 23.8. The molecule has 4 N–H and O–H groups in total. The van der Waals surface area contributed by atoms with E-state index in [1.165, 1.54) is 4.90 Å². The number of aromatic amines is 1. The van der Waals surface area contributed by atoms with Gasteiger partial charge in [-0.15, -0.1) is 0 Å². The van der Waals surface area contributed by atoms with Gasteiger partial charge in [-0.1, -0.05) is 52.3 Å². The maximum Gasteiger partial charge on any atom is 0.246 e. The molecule has 6 nitrogen and oxygen atoms in total. The van der Waals surface area contributed by atoms with Gasteiger partial charge in [0.25, 0.3) is 0 Å². The average molecular weight is 505 g/mol. The van der Waals surface area contributed by atoms with E-state index in [-0.39, 0.29) is 11.8 Å². The molecular weight excluding hydrogens is 480 g/mol. The van der Waals surface area contributed by atoms with Crippen LogP contribution in [0.5, 0.6) is 5.88 Å². The van der Waals surface area contributed by atoms with E-state index in [4.69, 9.17) is 10.7 Å². The monoisotopic (exact) mass is 504 g/mol. The Hall–Kier alpha value is -3.42. The Labute approximate surface area is 200 Å². The molecule has 0 saturated heterocycles. The van der Waals surface area contributed by atoms with Crippen molar-refractivity contribution in [2.24, 2.45) is 10.7 Å². The first-order valence-corrected chi connectivity index (χ1v) is 11.3. The number of nitrogens with two attached hydrogens (primary N) is 1. The lowest BCUT2D eigenvalue weighted by Gasteiger charge is -2.25. The molecule has 4 rings (SSSR count). The highest BCUT2D eigenvalue weighted by molar-refractivity contribution is 9.10. The molecular formula is C26H25BrN4O2. The van der Waals surface area contributed by atoms with Gasteiger partial charge in [0.15, 0.2) is 5.88 Å². The fraction of sp³-hybridized carbons (Fsp3) is 0.154. The van der Waals surface area contributed by atoms with E-state index in [2.05, 4.69) is 20.9 Å². The molecule has 7 heteroatoms. The summed E-state index contributed by atoms with van der Waals surface area (Å²) in [5, 5.41) is 11.6. The summed E-state index contributed by atoms with van der Waals surface area (Å²) in [4.78, 5) is 22.0. The number of H-pyrrole nitrogens is 1. The molecule has 0 aliphatic heterocycles. The van der Waals surface area contributed by atoms with E-state index in [1.807, 2.05) is 72.8 Å². The molecule has 1 aromatic heterocycles. The highest BCUT2D eigenvalue weighted by Crippen LogP contribution is 2.33. The Kier molecular flexibility index (Phi) is 6.10. The van der Waals surface area contributed by atoms with E-state index < -0.39 is 5.54 Å². The summed E-state index contributed by atoms with van der Waals surface area (Å²) in [5.41, 5.74) is 9.35. The molecule has 0 fully saturated rings. The van der Waals surface area contributed by atoms with Gasteiger partial charge in [0.2, 0.25) is 5.91 Å². The number of benzene rings is 3. The minimum atomic E-state index is -0.964. The first kappa shape index (κ1) is 22.8. The Morgan fingerprint density at radius 1 is 1.06 bits per heavy atom. The number of anilines is 1. The summed E-state index contributed by atoms with van der Waals surface area (Å²) < 4.78 is 0.913. The van der Waals surface area contributed by atoms with Gasteiger partial charge in [-0.05, 0) is 50.2 Å². The number of aromatic hydroxyl groups is 1. The summed E-state index contributed by atoms with van der Waals surface area (Å²) in [5.74, 6) is -0.128. The summed E-state index contributed by atoms with van der Waals surface area (Å²) >= 11 is 3.47. The molecule has 0 saturated carbocycles. The summed E-state index contributed by atoms with van der Waals surface area (Å²) in [6, 6.07) is 22.9. The number of hydrogen-bond donors (Lipinski definition) is 3. The van der Waals surface area contributed by atoms with Crippen LogP contribution in [0.25, 0.3) is 10.9 Å². The maximum absolute atomic E-state index is 12.5. The quantitative estimate of drug-likeness (QED) is 0.313. The van der Waals surface area contributed by atoms with Crippen LogP contribution in [0.3, 0.4) is 0 Å². The Bertz CT molecular complexity index is 1340. The van der Waals surface area contributed by atoms with Crippen molar-refractivity contribution in [1.29, 1.82) is 0 Å². The number of aliphatic imine (C=N–C) groups is 1. The van der Waals surface area contributed by atoms with Gasteiger partial charge >= 0.3 is 0 Å². The van der Waals surface area contributed by atoms with Crippen molar-refractivity contribution in [3.63, 3.8) is 0 Å². The minimum Gasteiger partial charge on any atom is -0.494 e. The first-order chi connectivity index (χ1) is 15.6. The molecule has 168 valence electrons. The number of hydrogen-bond acceptors (Lipinski definition) is 4. The highest BCUT2D eigenvalue weighted by atomic mass is 79.9. The number of carbonyl (C=O) groups is 1. The second kappa shape index (κ2) is 8.84. The van der Waals surface area contributed by atoms with Gasteiger partial charge in [-0.25, -0.2) is 4.99 Å². The van der Waals surface area contributed by atoms with E-state index in [0.717, 1.165) is 26.6 Å². The third kappa shape index (κ3) is 4.69. The topological polar surface area (TPSA) is 94.7 Å². The van der Waals surface area contributed by atoms with E-state index >= 15 is 0 Å². The molecule has 0 aliphatic rings. The van der Waals surface area contributed by atoms with Crippen molar-refractivity contribution >= 4 is 49.8 Å². The molecule has 0 aliphatic carbocycles. The van der Waals surface area contributed by atoms with Crippen LogP contribution in [0.1, 0.15) is 25.0 Å². The maximum atomic E-state index is 12.5. The number of amides is 1. The predicted molar refractivity (Wildman–Crippen MR) is 138 cm³/mol. The lowest BCUT2D eigenvalue weighted by molar-refractivity contribution is -0.122. The van der Waals surface area contributed by atoms with Crippen LogP contribution in [0.4, 0.5) is 11.4 Å². The number of likely N-dealkylation sites (N-methyl/N-ethyl adjacent to an activating group) is 1. The van der Waals surface area contributed by atoms with Crippen molar-refractivity contribution in [3.05, 3.63) is 88.4 Å². The number of nitrogens with one attached hydrogen (secondary N) is 1. The SMILES string of the molecule is CN(C(=O)C(C)(C)N)c1ccc(N=C(c2ccccc2)c2c(O)[nH]c3cc(Br)ccc23)cc1. The number of nitrogens with zero attached hydrogens (tertiary/aromatic N) is 2. The van der Waals surface area contributed by atoms with E-state index in [0.29, 0.717) is 17.0 Å². The van der Waals surface area contributed by atoms with Gasteiger partial charge in [0.05, 0.1) is 28.0 Å². The lowest BCUT2D eigenvalue weighted by Crippen LogP contribution is -2.49. The van der Waals surface area contributed by atoms with Gasteiger partial charge < -0.3 is 20.7 Å². The third-order valence-electron chi connectivity index (χ3n) is 5.36. The molecule has 0 bridgehead atoms. The van der Waals surface area contributed by atoms with Crippen molar-refractivity contribution < 1.29 is 9.90 Å². The number of fused-ring (bicyclic) bond motifs is 1. The predicted octanol–water partition coefficient (Wildman–Crippen LogP) is 5.51. The zero-order valence-electron chi connectivity index (χ0n) is 18.6. The molecule has 1 heterocycles. The molecule has 33 heavy (non-hydrogen) atoms. The summed E-state index contributed by atoms with van der Waals surface area (Å²) in [6.45, 7) is 3.37. The van der Waals surface area contributed by atoms with Crippen molar-refractivity contribution in [1.82, 2.24) is 4.98 Å². The van der Waals surface area contributed by atoms with E-state index in [1.54, 1.807) is 20.9 Å². The van der Waals surface area contributed by atoms with Crippen LogP contribution in [0.2, 0.25) is 0 Å². The Morgan fingerprint density at radius 3 is 2.36 bits per heavy atom. The fourth-order valence-electron chi connectivity index (χ4n) is 3.69. The van der Waals surface area contributed by atoms with Crippen molar-refractivity contribution in [2.75, 3.05) is 11.9 Å². The number of aromatic nitrogens is 1. The van der Waals surface area contributed by atoms with Gasteiger partial charge in [-0.3, -0.25) is 4.79 Å². The molecule has 0 spiro atoms. The molecule has 0 unspecified atom stereocenters. The average Bonchev–Trinajstić information content (AvgIpc) is 3.11. The molecule has 3 aromatic carbocycles. The standard InChI is InChI=1S/C26H25BrN4O2/c1-26(2,28)25(33)31(3)19-12-10-18(11-13-19)29-23(16-7-5-4-6-8-16)22-20-14-9-17(27)15-21(20)30-24(22)32/h4-15,30,32H,28H2,1-3H3. The first-order valence-electron chi connectivity index (χ1n) is 10.5. The van der Waals surface area contributed by atoms with Crippen LogP contribution < -0.4 is 10.6 Å². The largest absolute Gasteiger partial charge is 0.494 e. The van der Waals surface area contributed by atoms with Gasteiger partial charge in [0, 0.05) is 28.2 Å².